The summed E-state index contributed by atoms with van der Waals surface area (Å²) in [5, 5.41) is 19.2. The van der Waals surface area contributed by atoms with Crippen LogP contribution in [0, 0.1) is 5.82 Å². The zero-order chi connectivity index (χ0) is 12.6. The van der Waals surface area contributed by atoms with E-state index in [1.165, 1.54) is 6.08 Å². The normalized spacial score (nSPS) is 17.1. The minimum Gasteiger partial charge on any atom is -0.504 e. The Morgan fingerprint density at radius 1 is 1.47 bits per heavy atom. The third-order valence-electron chi connectivity index (χ3n) is 3.08. The summed E-state index contributed by atoms with van der Waals surface area (Å²) < 4.78 is 13.5. The summed E-state index contributed by atoms with van der Waals surface area (Å²) in [6.07, 6.45) is 3.28. The lowest BCUT2D eigenvalue weighted by molar-refractivity contribution is 0.242. The van der Waals surface area contributed by atoms with Gasteiger partial charge in [0.2, 0.25) is 6.08 Å². The van der Waals surface area contributed by atoms with E-state index < -0.39 is 22.9 Å². The van der Waals surface area contributed by atoms with E-state index in [4.69, 9.17) is 0 Å². The smallest absolute Gasteiger partial charge is 0.235 e. The molecular formula is C11H9BrFNO3. The molecule has 0 aliphatic heterocycles. The van der Waals surface area contributed by atoms with Crippen LogP contribution in [-0.4, -0.2) is 16.3 Å². The quantitative estimate of drug-likeness (QED) is 0.501. The van der Waals surface area contributed by atoms with Crippen LogP contribution in [0.2, 0.25) is 0 Å². The average molecular weight is 302 g/mol. The van der Waals surface area contributed by atoms with Gasteiger partial charge >= 0.3 is 0 Å². The Morgan fingerprint density at radius 3 is 2.59 bits per heavy atom. The number of carbonyl (C=O) groups excluding carboxylic acids is 1. The fourth-order valence-corrected chi connectivity index (χ4v) is 2.72. The zero-order valence-electron chi connectivity index (χ0n) is 8.70. The number of aliphatic imine (C=N–C) groups is 1. The maximum absolute atomic E-state index is 13.5. The first-order valence-corrected chi connectivity index (χ1v) is 5.80. The van der Waals surface area contributed by atoms with E-state index in [1.54, 1.807) is 0 Å². The molecular weight excluding hydrogens is 293 g/mol. The van der Waals surface area contributed by atoms with Crippen LogP contribution in [0.5, 0.6) is 11.5 Å². The summed E-state index contributed by atoms with van der Waals surface area (Å²) in [5.41, 5.74) is -0.853. The van der Waals surface area contributed by atoms with Crippen molar-refractivity contribution in [3.05, 3.63) is 21.9 Å². The van der Waals surface area contributed by atoms with Gasteiger partial charge in [0.25, 0.3) is 0 Å². The summed E-state index contributed by atoms with van der Waals surface area (Å²) in [4.78, 5) is 14.1. The highest BCUT2D eigenvalue weighted by molar-refractivity contribution is 9.10. The van der Waals surface area contributed by atoms with Gasteiger partial charge in [0.1, 0.15) is 11.4 Å². The lowest BCUT2D eigenvalue weighted by atomic mass is 9.72. The highest BCUT2D eigenvalue weighted by Gasteiger charge is 2.43. The Morgan fingerprint density at radius 2 is 2.12 bits per heavy atom. The Kier molecular flexibility index (Phi) is 2.93. The lowest BCUT2D eigenvalue weighted by Crippen LogP contribution is -2.32. The van der Waals surface area contributed by atoms with Gasteiger partial charge < -0.3 is 10.2 Å². The fraction of sp³-hybridized carbons (Fsp3) is 0.364. The van der Waals surface area contributed by atoms with Gasteiger partial charge in [-0.1, -0.05) is 0 Å². The van der Waals surface area contributed by atoms with Crippen molar-refractivity contribution in [2.75, 3.05) is 0 Å². The molecule has 0 heterocycles. The molecule has 17 heavy (non-hydrogen) atoms. The molecule has 2 rings (SSSR count). The molecule has 0 atom stereocenters. The Bertz CT molecular complexity index is 496. The number of nitrogens with zero attached hydrogens (tertiary/aromatic N) is 1. The molecule has 0 unspecified atom stereocenters. The summed E-state index contributed by atoms with van der Waals surface area (Å²) in [6, 6.07) is 0.805. The van der Waals surface area contributed by atoms with Gasteiger partial charge in [-0.25, -0.2) is 9.18 Å². The molecule has 1 aliphatic rings. The number of aromatic hydroxyl groups is 2. The molecule has 4 nitrogen and oxygen atoms in total. The number of halogens is 2. The number of hydrogen-bond donors (Lipinski definition) is 2. The predicted octanol–water partition coefficient (Wildman–Crippen LogP) is 2.71. The van der Waals surface area contributed by atoms with Crippen LogP contribution < -0.4 is 0 Å². The van der Waals surface area contributed by atoms with Crippen LogP contribution in [0.25, 0.3) is 0 Å². The molecule has 6 heteroatoms. The summed E-state index contributed by atoms with van der Waals surface area (Å²) in [6.45, 7) is 0. The summed E-state index contributed by atoms with van der Waals surface area (Å²) >= 11 is 3.01. The van der Waals surface area contributed by atoms with Crippen molar-refractivity contribution in [2.45, 2.75) is 24.8 Å². The van der Waals surface area contributed by atoms with Gasteiger partial charge in [0.05, 0.1) is 4.47 Å². The zero-order valence-corrected chi connectivity index (χ0v) is 10.3. The number of phenols is 2. The van der Waals surface area contributed by atoms with Crippen molar-refractivity contribution < 1.29 is 19.4 Å². The maximum Gasteiger partial charge on any atom is 0.235 e. The molecule has 0 aromatic heterocycles. The first-order chi connectivity index (χ1) is 8.02. The molecule has 0 radical (unpaired) electrons. The van der Waals surface area contributed by atoms with Crippen LogP contribution in [0.1, 0.15) is 24.8 Å². The third-order valence-corrected chi connectivity index (χ3v) is 3.85. The lowest BCUT2D eigenvalue weighted by Gasteiger charge is -2.38. The van der Waals surface area contributed by atoms with E-state index in [0.717, 1.165) is 12.5 Å². The summed E-state index contributed by atoms with van der Waals surface area (Å²) in [5.74, 6) is -1.72. The van der Waals surface area contributed by atoms with Gasteiger partial charge in [0.15, 0.2) is 11.5 Å². The van der Waals surface area contributed by atoms with Crippen LogP contribution >= 0.6 is 15.9 Å². The topological polar surface area (TPSA) is 69.9 Å². The van der Waals surface area contributed by atoms with Crippen molar-refractivity contribution in [3.8, 4) is 11.5 Å². The second-order valence-electron chi connectivity index (χ2n) is 4.00. The maximum atomic E-state index is 13.5. The van der Waals surface area contributed by atoms with Gasteiger partial charge in [0, 0.05) is 11.6 Å². The van der Waals surface area contributed by atoms with E-state index in [1.807, 2.05) is 0 Å². The summed E-state index contributed by atoms with van der Waals surface area (Å²) in [7, 11) is 0. The first kappa shape index (κ1) is 12.1. The highest BCUT2D eigenvalue weighted by Crippen LogP contribution is 2.53. The molecule has 0 amide bonds. The monoisotopic (exact) mass is 301 g/mol. The fourth-order valence-electron chi connectivity index (χ4n) is 2.04. The average Bonchev–Trinajstić information content (AvgIpc) is 2.23. The second-order valence-corrected chi connectivity index (χ2v) is 4.80. The van der Waals surface area contributed by atoms with E-state index in [0.29, 0.717) is 12.8 Å². The molecule has 2 N–H and O–H groups in total. The van der Waals surface area contributed by atoms with Crippen molar-refractivity contribution in [1.29, 1.82) is 0 Å². The van der Waals surface area contributed by atoms with Crippen LogP contribution in [0.3, 0.4) is 0 Å². The predicted molar refractivity (Wildman–Crippen MR) is 61.1 cm³/mol. The molecule has 1 saturated carbocycles. The molecule has 0 spiro atoms. The molecule has 1 fully saturated rings. The largest absolute Gasteiger partial charge is 0.504 e. The molecule has 90 valence electrons. The number of phenolic OH excluding ortho intramolecular Hbond substituents is 2. The molecule has 0 bridgehead atoms. The van der Waals surface area contributed by atoms with Crippen LogP contribution in [-0.2, 0) is 10.3 Å². The van der Waals surface area contributed by atoms with Crippen molar-refractivity contribution in [2.24, 2.45) is 4.99 Å². The number of hydrogen-bond acceptors (Lipinski definition) is 4. The Hall–Kier alpha value is -1.39. The van der Waals surface area contributed by atoms with Gasteiger partial charge in [-0.3, -0.25) is 0 Å². The Balaban J connectivity index is 2.69. The molecule has 1 aliphatic carbocycles. The highest BCUT2D eigenvalue weighted by atomic mass is 79.9. The number of isocyanates is 1. The van der Waals surface area contributed by atoms with E-state index in [-0.39, 0.29) is 10.0 Å². The SMILES string of the molecule is O=C=NC1(c2c(O)c(O)cc(F)c2Br)CCC1. The van der Waals surface area contributed by atoms with Crippen LogP contribution in [0.4, 0.5) is 4.39 Å². The molecule has 0 saturated heterocycles. The third kappa shape index (κ3) is 1.73. The Labute approximate surface area is 105 Å². The van der Waals surface area contributed by atoms with E-state index in [9.17, 15) is 19.4 Å². The minimum absolute atomic E-state index is 0.0199. The van der Waals surface area contributed by atoms with Gasteiger partial charge in [-0.05, 0) is 35.2 Å². The standard InChI is InChI=1S/C11H9BrFNO3/c12-9-6(13)4-7(16)10(17)8(9)11(14-5-15)2-1-3-11/h4,16-17H,1-3H2. The van der Waals surface area contributed by atoms with Gasteiger partial charge in [-0.2, -0.15) is 4.99 Å². The van der Waals surface area contributed by atoms with Crippen molar-refractivity contribution in [1.82, 2.24) is 0 Å². The second kappa shape index (κ2) is 4.13. The minimum atomic E-state index is -0.968. The van der Waals surface area contributed by atoms with Gasteiger partial charge in [-0.15, -0.1) is 0 Å². The van der Waals surface area contributed by atoms with E-state index in [2.05, 4.69) is 20.9 Å². The van der Waals surface area contributed by atoms with Crippen molar-refractivity contribution >= 4 is 22.0 Å². The van der Waals surface area contributed by atoms with Crippen LogP contribution in [0.15, 0.2) is 15.5 Å². The molecule has 1 aromatic carbocycles. The van der Waals surface area contributed by atoms with E-state index >= 15 is 0 Å². The molecule has 1 aromatic rings. The van der Waals surface area contributed by atoms with Crippen molar-refractivity contribution in [3.63, 3.8) is 0 Å². The number of benzene rings is 1. The number of rotatable bonds is 2. The first-order valence-electron chi connectivity index (χ1n) is 5.01.